The van der Waals surface area contributed by atoms with Crippen LogP contribution in [0.5, 0.6) is 5.88 Å². The first kappa shape index (κ1) is 22.7. The molecular formula is C25H25N7O3. The zero-order chi connectivity index (χ0) is 24.4. The number of anilines is 3. The SMILES string of the molecule is COc1nc(C2=CCOCC2)ncc1Nc1nccc(-c2cc(C#N)c3c(c2)[C@@](C)(CO)CN3)n1. The highest BCUT2D eigenvalue weighted by Gasteiger charge is 2.36. The second-order valence-electron chi connectivity index (χ2n) is 8.69. The summed E-state index contributed by atoms with van der Waals surface area (Å²) in [6.07, 6.45) is 6.01. The van der Waals surface area contributed by atoms with Gasteiger partial charge in [-0.1, -0.05) is 13.0 Å². The minimum Gasteiger partial charge on any atom is -0.479 e. The average Bonchev–Trinajstić information content (AvgIpc) is 3.26. The van der Waals surface area contributed by atoms with E-state index >= 15 is 0 Å². The Hall–Kier alpha value is -4.07. The Kier molecular flexibility index (Phi) is 6.03. The summed E-state index contributed by atoms with van der Waals surface area (Å²) in [6.45, 7) is 3.69. The van der Waals surface area contributed by atoms with Crippen LogP contribution in [0.25, 0.3) is 16.8 Å². The van der Waals surface area contributed by atoms with Gasteiger partial charge in [-0.3, -0.25) is 0 Å². The third-order valence-electron chi connectivity index (χ3n) is 6.31. The maximum atomic E-state index is 9.97. The number of hydrogen-bond acceptors (Lipinski definition) is 10. The van der Waals surface area contributed by atoms with Crippen molar-refractivity contribution < 1.29 is 14.6 Å². The maximum Gasteiger partial charge on any atom is 0.241 e. The van der Waals surface area contributed by atoms with E-state index in [4.69, 9.17) is 9.47 Å². The molecule has 0 fully saturated rings. The summed E-state index contributed by atoms with van der Waals surface area (Å²) in [7, 11) is 1.55. The Balaban J connectivity index is 1.46. The molecular weight excluding hydrogens is 446 g/mol. The number of nitrogens with one attached hydrogen (secondary N) is 2. The number of methoxy groups -OCH3 is 1. The number of fused-ring (bicyclic) bond motifs is 1. The molecule has 2 aliphatic rings. The van der Waals surface area contributed by atoms with Crippen LogP contribution in [0.15, 0.2) is 36.7 Å². The monoisotopic (exact) mass is 471 g/mol. The molecule has 0 saturated heterocycles. The third kappa shape index (κ3) is 4.27. The molecule has 0 radical (unpaired) electrons. The van der Waals surface area contributed by atoms with Gasteiger partial charge in [0.25, 0.3) is 0 Å². The number of ether oxygens (including phenoxy) is 2. The van der Waals surface area contributed by atoms with E-state index in [0.29, 0.717) is 54.4 Å². The van der Waals surface area contributed by atoms with Crippen molar-refractivity contribution in [2.24, 2.45) is 0 Å². The van der Waals surface area contributed by atoms with Crippen molar-refractivity contribution in [2.75, 3.05) is 44.1 Å². The molecule has 1 atom stereocenters. The lowest BCUT2D eigenvalue weighted by Gasteiger charge is -2.21. The Morgan fingerprint density at radius 2 is 2.20 bits per heavy atom. The summed E-state index contributed by atoms with van der Waals surface area (Å²) < 4.78 is 10.8. The van der Waals surface area contributed by atoms with E-state index in [-0.39, 0.29) is 6.61 Å². The average molecular weight is 472 g/mol. The predicted molar refractivity (Wildman–Crippen MR) is 130 cm³/mol. The van der Waals surface area contributed by atoms with Crippen LogP contribution in [0.4, 0.5) is 17.3 Å². The molecule has 10 heteroatoms. The van der Waals surface area contributed by atoms with Crippen LogP contribution < -0.4 is 15.4 Å². The van der Waals surface area contributed by atoms with E-state index in [1.165, 1.54) is 0 Å². The molecule has 0 saturated carbocycles. The quantitative estimate of drug-likeness (QED) is 0.492. The second-order valence-corrected chi connectivity index (χ2v) is 8.69. The van der Waals surface area contributed by atoms with Gasteiger partial charge in [0.2, 0.25) is 11.8 Å². The van der Waals surface area contributed by atoms with Gasteiger partial charge < -0.3 is 25.2 Å². The zero-order valence-corrected chi connectivity index (χ0v) is 19.5. The Morgan fingerprint density at radius 1 is 1.31 bits per heavy atom. The van der Waals surface area contributed by atoms with E-state index in [1.54, 1.807) is 31.6 Å². The van der Waals surface area contributed by atoms with Crippen LogP contribution in [-0.4, -0.2) is 58.5 Å². The van der Waals surface area contributed by atoms with Crippen LogP contribution in [0, 0.1) is 11.3 Å². The molecule has 0 spiro atoms. The van der Waals surface area contributed by atoms with Crippen molar-refractivity contribution in [2.45, 2.75) is 18.8 Å². The third-order valence-corrected chi connectivity index (χ3v) is 6.31. The summed E-state index contributed by atoms with van der Waals surface area (Å²) in [5.74, 6) is 1.32. The maximum absolute atomic E-state index is 9.97. The summed E-state index contributed by atoms with van der Waals surface area (Å²) in [6, 6.07) is 7.80. The number of aliphatic hydroxyl groups is 1. The number of aliphatic hydroxyl groups excluding tert-OH is 1. The number of nitriles is 1. The van der Waals surface area contributed by atoms with Crippen molar-refractivity contribution in [3.63, 3.8) is 0 Å². The fourth-order valence-electron chi connectivity index (χ4n) is 4.26. The molecule has 3 aromatic rings. The van der Waals surface area contributed by atoms with Gasteiger partial charge in [0, 0.05) is 23.7 Å². The molecule has 5 rings (SSSR count). The first-order chi connectivity index (χ1) is 17.0. The van der Waals surface area contributed by atoms with E-state index in [1.807, 2.05) is 19.1 Å². The van der Waals surface area contributed by atoms with E-state index in [9.17, 15) is 10.4 Å². The Labute approximate surface area is 202 Å². The molecule has 10 nitrogen and oxygen atoms in total. The fourth-order valence-corrected chi connectivity index (χ4v) is 4.26. The van der Waals surface area contributed by atoms with Gasteiger partial charge in [-0.05, 0) is 35.8 Å². The van der Waals surface area contributed by atoms with Crippen molar-refractivity contribution >= 4 is 22.9 Å². The highest BCUT2D eigenvalue weighted by Crippen LogP contribution is 2.41. The zero-order valence-electron chi connectivity index (χ0n) is 19.5. The highest BCUT2D eigenvalue weighted by molar-refractivity contribution is 5.76. The number of nitrogens with zero attached hydrogens (tertiary/aromatic N) is 5. The molecule has 178 valence electrons. The largest absolute Gasteiger partial charge is 0.479 e. The molecule has 0 unspecified atom stereocenters. The van der Waals surface area contributed by atoms with Crippen molar-refractivity contribution in [1.82, 2.24) is 19.9 Å². The number of benzene rings is 1. The highest BCUT2D eigenvalue weighted by atomic mass is 16.5. The smallest absolute Gasteiger partial charge is 0.241 e. The van der Waals surface area contributed by atoms with Gasteiger partial charge in [-0.15, -0.1) is 0 Å². The van der Waals surface area contributed by atoms with Gasteiger partial charge in [-0.25, -0.2) is 15.0 Å². The lowest BCUT2D eigenvalue weighted by atomic mass is 9.83. The molecule has 0 amide bonds. The standard InChI is InChI=1S/C25H25N7O3/c1-25(14-33)13-29-21-17(11-26)9-16(10-18(21)25)19-3-6-27-24(30-19)31-20-12-28-22(32-23(20)34-2)15-4-7-35-8-5-15/h3-4,6,9-10,12,29,33H,5,7-8,13-14H2,1-2H3,(H,27,30,31)/t25-/m1/s1. The normalized spacial score (nSPS) is 18.7. The fraction of sp³-hybridized carbons (Fsp3) is 0.320. The van der Waals surface area contributed by atoms with Crippen molar-refractivity contribution in [1.29, 1.82) is 5.26 Å². The van der Waals surface area contributed by atoms with Crippen LogP contribution >= 0.6 is 0 Å². The molecule has 2 aromatic heterocycles. The van der Waals surface area contributed by atoms with Crippen LogP contribution in [0.2, 0.25) is 0 Å². The van der Waals surface area contributed by atoms with E-state index < -0.39 is 5.41 Å². The number of rotatable bonds is 6. The summed E-state index contributed by atoms with van der Waals surface area (Å²) in [4.78, 5) is 18.0. The first-order valence-corrected chi connectivity index (χ1v) is 11.3. The van der Waals surface area contributed by atoms with Gasteiger partial charge in [0.15, 0.2) is 5.82 Å². The molecule has 35 heavy (non-hydrogen) atoms. The van der Waals surface area contributed by atoms with Crippen LogP contribution in [-0.2, 0) is 10.2 Å². The Bertz CT molecular complexity index is 1350. The molecule has 1 aromatic carbocycles. The topological polar surface area (TPSA) is 138 Å². The lowest BCUT2D eigenvalue weighted by Crippen LogP contribution is -2.28. The van der Waals surface area contributed by atoms with Crippen LogP contribution in [0.3, 0.4) is 0 Å². The molecule has 0 bridgehead atoms. The predicted octanol–water partition coefficient (Wildman–Crippen LogP) is 3.04. The number of aromatic nitrogens is 4. The molecule has 4 heterocycles. The molecule has 2 aliphatic heterocycles. The minimum atomic E-state index is -0.475. The van der Waals surface area contributed by atoms with Gasteiger partial charge in [-0.2, -0.15) is 10.2 Å². The Morgan fingerprint density at radius 3 is 2.94 bits per heavy atom. The van der Waals surface area contributed by atoms with Crippen molar-refractivity contribution in [3.8, 4) is 23.2 Å². The first-order valence-electron chi connectivity index (χ1n) is 11.3. The summed E-state index contributed by atoms with van der Waals surface area (Å²) in [5, 5.41) is 26.1. The van der Waals surface area contributed by atoms with E-state index in [2.05, 4.69) is 36.6 Å². The van der Waals surface area contributed by atoms with Gasteiger partial charge >= 0.3 is 0 Å². The second kappa shape index (κ2) is 9.29. The van der Waals surface area contributed by atoms with Gasteiger partial charge in [0.05, 0.1) is 50.1 Å². The number of hydrogen-bond donors (Lipinski definition) is 3. The van der Waals surface area contributed by atoms with Gasteiger partial charge in [0.1, 0.15) is 11.8 Å². The molecule has 3 N–H and O–H groups in total. The minimum absolute atomic E-state index is 0.0301. The summed E-state index contributed by atoms with van der Waals surface area (Å²) >= 11 is 0. The lowest BCUT2D eigenvalue weighted by molar-refractivity contribution is 0.161. The molecule has 0 aliphatic carbocycles. The van der Waals surface area contributed by atoms with Crippen LogP contribution in [0.1, 0.15) is 30.3 Å². The van der Waals surface area contributed by atoms with E-state index in [0.717, 1.165) is 28.8 Å². The summed E-state index contributed by atoms with van der Waals surface area (Å²) in [5.41, 5.74) is 4.65. The van der Waals surface area contributed by atoms with Crippen molar-refractivity contribution in [3.05, 3.63) is 53.6 Å².